The summed E-state index contributed by atoms with van der Waals surface area (Å²) in [6.45, 7) is 0.282. The molecule has 0 radical (unpaired) electrons. The lowest BCUT2D eigenvalue weighted by Crippen LogP contribution is -2.27. The molecule has 0 aliphatic heterocycles. The van der Waals surface area contributed by atoms with Gasteiger partial charge in [0.2, 0.25) is 10.0 Å². The Morgan fingerprint density at radius 3 is 2.96 bits per heavy atom. The van der Waals surface area contributed by atoms with Crippen molar-refractivity contribution in [3.63, 3.8) is 0 Å². The molecular weight excluding hydrogens is 360 g/mol. The highest BCUT2D eigenvalue weighted by Crippen LogP contribution is 2.22. The van der Waals surface area contributed by atoms with Crippen LogP contribution in [-0.4, -0.2) is 29.8 Å². The Balaban J connectivity index is 1.46. The normalized spacial score (nSPS) is 14.7. The minimum Gasteiger partial charge on any atom is -0.346 e. The van der Waals surface area contributed by atoms with Crippen LogP contribution in [-0.2, 0) is 16.6 Å². The highest BCUT2D eigenvalue weighted by atomic mass is 32.2. The molecule has 0 unspecified atom stereocenters. The number of nitrogens with one attached hydrogen (secondary N) is 2. The van der Waals surface area contributed by atoms with Crippen LogP contribution < -0.4 is 10.0 Å². The summed E-state index contributed by atoms with van der Waals surface area (Å²) in [7, 11) is -3.57. The maximum absolute atomic E-state index is 12.3. The van der Waals surface area contributed by atoms with E-state index in [2.05, 4.69) is 15.0 Å². The lowest BCUT2D eigenvalue weighted by atomic mass is 10.2. The van der Waals surface area contributed by atoms with Crippen LogP contribution in [0.2, 0.25) is 0 Å². The van der Waals surface area contributed by atoms with Crippen molar-refractivity contribution in [1.82, 2.24) is 19.4 Å². The molecule has 1 fully saturated rings. The number of benzene rings is 1. The van der Waals surface area contributed by atoms with E-state index in [1.807, 2.05) is 22.2 Å². The molecule has 3 aromatic rings. The second-order valence-corrected chi connectivity index (χ2v) is 8.52. The standard InChI is InChI=1S/C16H16N4O3S2/c21-15(17-9-13-10-20-6-7-24-16(20)18-13)11-2-1-3-14(8-11)25(22,23)19-12-4-5-12/h1-3,6-8,10,12,19H,4-5,9H2,(H,17,21). The van der Waals surface area contributed by atoms with Crippen LogP contribution in [0.25, 0.3) is 4.96 Å². The van der Waals surface area contributed by atoms with Crippen molar-refractivity contribution >= 4 is 32.2 Å². The number of hydrogen-bond donors (Lipinski definition) is 2. The van der Waals surface area contributed by atoms with E-state index in [1.165, 1.54) is 23.5 Å². The number of sulfonamides is 1. The first-order valence-electron chi connectivity index (χ1n) is 7.83. The number of imidazole rings is 1. The molecule has 0 saturated heterocycles. The van der Waals surface area contributed by atoms with Gasteiger partial charge in [0, 0.05) is 29.4 Å². The van der Waals surface area contributed by atoms with Gasteiger partial charge >= 0.3 is 0 Å². The Hall–Kier alpha value is -2.23. The third-order valence-electron chi connectivity index (χ3n) is 3.88. The first-order valence-corrected chi connectivity index (χ1v) is 10.2. The fourth-order valence-corrected chi connectivity index (χ4v) is 4.50. The molecule has 1 aliphatic carbocycles. The van der Waals surface area contributed by atoms with Gasteiger partial charge in [0.05, 0.1) is 17.1 Å². The van der Waals surface area contributed by atoms with E-state index in [-0.39, 0.29) is 23.4 Å². The second kappa shape index (κ2) is 6.25. The predicted molar refractivity (Wildman–Crippen MR) is 94.0 cm³/mol. The molecule has 2 aromatic heterocycles. The lowest BCUT2D eigenvalue weighted by Gasteiger charge is -2.08. The van der Waals surface area contributed by atoms with Gasteiger partial charge in [-0.3, -0.25) is 9.20 Å². The van der Waals surface area contributed by atoms with Crippen LogP contribution in [0, 0.1) is 0 Å². The van der Waals surface area contributed by atoms with E-state index >= 15 is 0 Å². The molecule has 0 bridgehead atoms. The molecule has 9 heteroatoms. The number of aromatic nitrogens is 2. The number of thiazole rings is 1. The molecule has 7 nitrogen and oxygen atoms in total. The zero-order valence-corrected chi connectivity index (χ0v) is 14.8. The molecule has 1 aromatic carbocycles. The Morgan fingerprint density at radius 2 is 2.20 bits per heavy atom. The fourth-order valence-electron chi connectivity index (χ4n) is 2.43. The minimum atomic E-state index is -3.57. The Labute approximate surface area is 148 Å². The Kier molecular flexibility index (Phi) is 4.06. The van der Waals surface area contributed by atoms with Gasteiger partial charge in [-0.25, -0.2) is 18.1 Å². The number of rotatable bonds is 6. The van der Waals surface area contributed by atoms with E-state index in [4.69, 9.17) is 0 Å². The molecule has 4 rings (SSSR count). The van der Waals surface area contributed by atoms with E-state index in [0.29, 0.717) is 5.56 Å². The van der Waals surface area contributed by atoms with Gasteiger partial charge in [-0.15, -0.1) is 11.3 Å². The predicted octanol–water partition coefficient (Wildman–Crippen LogP) is 1.77. The largest absolute Gasteiger partial charge is 0.346 e. The Morgan fingerprint density at radius 1 is 1.36 bits per heavy atom. The third-order valence-corrected chi connectivity index (χ3v) is 6.17. The fraction of sp³-hybridized carbons (Fsp3) is 0.250. The number of carbonyl (C=O) groups is 1. The second-order valence-electron chi connectivity index (χ2n) is 5.93. The van der Waals surface area contributed by atoms with E-state index in [0.717, 1.165) is 23.5 Å². The molecule has 2 heterocycles. The average Bonchev–Trinajstić information content (AvgIpc) is 3.14. The van der Waals surface area contributed by atoms with E-state index < -0.39 is 10.0 Å². The van der Waals surface area contributed by atoms with E-state index in [1.54, 1.807) is 12.1 Å². The highest BCUT2D eigenvalue weighted by molar-refractivity contribution is 7.89. The summed E-state index contributed by atoms with van der Waals surface area (Å²) in [4.78, 5) is 17.7. The van der Waals surface area contributed by atoms with Gasteiger partial charge in [-0.05, 0) is 31.0 Å². The van der Waals surface area contributed by atoms with Crippen molar-refractivity contribution in [3.8, 4) is 0 Å². The summed E-state index contributed by atoms with van der Waals surface area (Å²) in [6.07, 6.45) is 5.48. The summed E-state index contributed by atoms with van der Waals surface area (Å²) in [6, 6.07) is 6.08. The number of fused-ring (bicyclic) bond motifs is 1. The van der Waals surface area contributed by atoms with Gasteiger partial charge in [0.15, 0.2) is 4.96 Å². The first kappa shape index (κ1) is 16.2. The van der Waals surface area contributed by atoms with Crippen LogP contribution in [0.1, 0.15) is 28.9 Å². The summed E-state index contributed by atoms with van der Waals surface area (Å²) in [5, 5.41) is 4.71. The third kappa shape index (κ3) is 3.58. The lowest BCUT2D eigenvalue weighted by molar-refractivity contribution is 0.0950. The Bertz CT molecular complexity index is 1010. The molecule has 2 N–H and O–H groups in total. The van der Waals surface area contributed by atoms with Crippen LogP contribution in [0.4, 0.5) is 0 Å². The van der Waals surface area contributed by atoms with Crippen molar-refractivity contribution in [2.24, 2.45) is 0 Å². The summed E-state index contributed by atoms with van der Waals surface area (Å²) in [5.41, 5.74) is 1.05. The monoisotopic (exact) mass is 376 g/mol. The van der Waals surface area contributed by atoms with Crippen molar-refractivity contribution in [1.29, 1.82) is 0 Å². The van der Waals surface area contributed by atoms with Crippen molar-refractivity contribution in [2.75, 3.05) is 0 Å². The number of nitrogens with zero attached hydrogens (tertiary/aromatic N) is 2. The van der Waals surface area contributed by atoms with Gasteiger partial charge in [-0.1, -0.05) is 6.07 Å². The van der Waals surface area contributed by atoms with Gasteiger partial charge in [0.1, 0.15) is 0 Å². The summed E-state index contributed by atoms with van der Waals surface area (Å²) < 4.78 is 29.0. The topological polar surface area (TPSA) is 92.6 Å². The van der Waals surface area contributed by atoms with Crippen molar-refractivity contribution < 1.29 is 13.2 Å². The molecule has 130 valence electrons. The molecule has 0 spiro atoms. The highest BCUT2D eigenvalue weighted by Gasteiger charge is 2.28. The molecular formula is C16H16N4O3S2. The number of carbonyl (C=O) groups excluding carboxylic acids is 1. The van der Waals surface area contributed by atoms with Crippen LogP contribution in [0.5, 0.6) is 0 Å². The van der Waals surface area contributed by atoms with E-state index in [9.17, 15) is 13.2 Å². The average molecular weight is 376 g/mol. The molecule has 1 aliphatic rings. The van der Waals surface area contributed by atoms with Gasteiger partial charge < -0.3 is 5.32 Å². The summed E-state index contributed by atoms with van der Waals surface area (Å²) in [5.74, 6) is -0.333. The summed E-state index contributed by atoms with van der Waals surface area (Å²) >= 11 is 1.52. The van der Waals surface area contributed by atoms with Crippen LogP contribution in [0.3, 0.4) is 0 Å². The smallest absolute Gasteiger partial charge is 0.251 e. The minimum absolute atomic E-state index is 0.0252. The number of amides is 1. The number of hydrogen-bond acceptors (Lipinski definition) is 5. The van der Waals surface area contributed by atoms with Gasteiger partial charge in [-0.2, -0.15) is 0 Å². The first-order chi connectivity index (χ1) is 12.0. The van der Waals surface area contributed by atoms with Crippen molar-refractivity contribution in [3.05, 3.63) is 53.3 Å². The van der Waals surface area contributed by atoms with Crippen molar-refractivity contribution in [2.45, 2.75) is 30.3 Å². The zero-order chi connectivity index (χ0) is 17.4. The van der Waals surface area contributed by atoms with Gasteiger partial charge in [0.25, 0.3) is 5.91 Å². The quantitative estimate of drug-likeness (QED) is 0.686. The SMILES string of the molecule is O=C(NCc1cn2ccsc2n1)c1cccc(S(=O)(=O)NC2CC2)c1. The molecule has 1 saturated carbocycles. The molecule has 0 atom stereocenters. The van der Waals surface area contributed by atoms with Crippen LogP contribution in [0.15, 0.2) is 46.9 Å². The maximum Gasteiger partial charge on any atom is 0.251 e. The molecule has 1 amide bonds. The zero-order valence-electron chi connectivity index (χ0n) is 13.2. The van der Waals surface area contributed by atoms with Crippen LogP contribution >= 0.6 is 11.3 Å². The maximum atomic E-state index is 12.3. The molecule has 25 heavy (non-hydrogen) atoms.